The van der Waals surface area contributed by atoms with E-state index in [-0.39, 0.29) is 11.4 Å². The minimum atomic E-state index is -0.199. The van der Waals surface area contributed by atoms with E-state index in [0.717, 1.165) is 44.8 Å². The summed E-state index contributed by atoms with van der Waals surface area (Å²) in [7, 11) is 0. The van der Waals surface area contributed by atoms with Crippen molar-refractivity contribution in [3.63, 3.8) is 0 Å². The first-order valence-electron chi connectivity index (χ1n) is 8.92. The number of hydrogen-bond acceptors (Lipinski definition) is 4. The second-order valence-corrected chi connectivity index (χ2v) is 7.31. The summed E-state index contributed by atoms with van der Waals surface area (Å²) in [5.41, 5.74) is 0.506. The Morgan fingerprint density at radius 1 is 1.33 bits per heavy atom. The SMILES string of the molecule is CC1=CN(C(C)C)CC2(CCN(CCc3ncccc3F)CC2)O1. The van der Waals surface area contributed by atoms with Crippen molar-refractivity contribution in [1.82, 2.24) is 14.8 Å². The zero-order valence-corrected chi connectivity index (χ0v) is 15.0. The predicted octanol–water partition coefficient (Wildman–Crippen LogP) is 3.20. The van der Waals surface area contributed by atoms with Crippen LogP contribution >= 0.6 is 0 Å². The molecule has 1 fully saturated rings. The zero-order valence-electron chi connectivity index (χ0n) is 15.0. The molecule has 24 heavy (non-hydrogen) atoms. The third kappa shape index (κ3) is 3.89. The van der Waals surface area contributed by atoms with E-state index in [4.69, 9.17) is 4.74 Å². The molecule has 0 atom stereocenters. The first-order chi connectivity index (χ1) is 11.5. The minimum Gasteiger partial charge on any atom is -0.488 e. The van der Waals surface area contributed by atoms with E-state index in [1.807, 2.05) is 6.92 Å². The lowest BCUT2D eigenvalue weighted by molar-refractivity contribution is -0.0818. The van der Waals surface area contributed by atoms with Crippen molar-refractivity contribution in [2.24, 2.45) is 0 Å². The molecule has 0 unspecified atom stereocenters. The van der Waals surface area contributed by atoms with E-state index < -0.39 is 0 Å². The highest BCUT2D eigenvalue weighted by atomic mass is 19.1. The zero-order chi connectivity index (χ0) is 17.2. The average Bonchev–Trinajstić information content (AvgIpc) is 2.55. The standard InChI is InChI=1S/C19H28FN3O/c1-15(2)23-13-16(3)24-19(14-23)7-11-22(12-8-19)10-6-18-17(20)5-4-9-21-18/h4-5,9,13,15H,6-8,10-12,14H2,1-3H3. The molecule has 1 aromatic heterocycles. The lowest BCUT2D eigenvalue weighted by Gasteiger charge is -2.48. The van der Waals surface area contributed by atoms with Crippen LogP contribution in [0.3, 0.4) is 0 Å². The van der Waals surface area contributed by atoms with E-state index in [1.54, 1.807) is 12.3 Å². The molecule has 0 aromatic carbocycles. The highest BCUT2D eigenvalue weighted by Gasteiger charge is 2.40. The Kier molecular flexibility index (Phi) is 5.09. The molecule has 0 N–H and O–H groups in total. The number of allylic oxidation sites excluding steroid dienone is 1. The molecule has 2 aliphatic rings. The number of rotatable bonds is 4. The lowest BCUT2D eigenvalue weighted by atomic mass is 9.89. The Balaban J connectivity index is 1.54. The molecule has 1 saturated heterocycles. The van der Waals surface area contributed by atoms with Gasteiger partial charge in [0, 0.05) is 57.3 Å². The molecule has 2 aliphatic heterocycles. The summed E-state index contributed by atoms with van der Waals surface area (Å²) < 4.78 is 19.9. The smallest absolute Gasteiger partial charge is 0.144 e. The van der Waals surface area contributed by atoms with Crippen LogP contribution in [0, 0.1) is 5.82 Å². The Morgan fingerprint density at radius 3 is 2.75 bits per heavy atom. The van der Waals surface area contributed by atoms with Gasteiger partial charge in [0.15, 0.2) is 0 Å². The van der Waals surface area contributed by atoms with Crippen LogP contribution in [0.2, 0.25) is 0 Å². The maximum absolute atomic E-state index is 13.7. The van der Waals surface area contributed by atoms with Crippen molar-refractivity contribution >= 4 is 0 Å². The van der Waals surface area contributed by atoms with Gasteiger partial charge in [0.2, 0.25) is 0 Å². The summed E-state index contributed by atoms with van der Waals surface area (Å²) in [5, 5.41) is 0. The number of piperidine rings is 1. The largest absolute Gasteiger partial charge is 0.488 e. The fraction of sp³-hybridized carbons (Fsp3) is 0.632. The van der Waals surface area contributed by atoms with Gasteiger partial charge in [0.1, 0.15) is 17.2 Å². The molecule has 3 heterocycles. The summed E-state index contributed by atoms with van der Waals surface area (Å²) in [6.45, 7) is 10.3. The number of pyridine rings is 1. The van der Waals surface area contributed by atoms with E-state index in [0.29, 0.717) is 18.2 Å². The molecular weight excluding hydrogens is 305 g/mol. The van der Waals surface area contributed by atoms with E-state index in [1.165, 1.54) is 6.07 Å². The van der Waals surface area contributed by atoms with Gasteiger partial charge < -0.3 is 14.5 Å². The Hall–Kier alpha value is -1.62. The van der Waals surface area contributed by atoms with Gasteiger partial charge in [0.25, 0.3) is 0 Å². The van der Waals surface area contributed by atoms with Gasteiger partial charge in [-0.2, -0.15) is 0 Å². The van der Waals surface area contributed by atoms with Crippen molar-refractivity contribution < 1.29 is 9.13 Å². The van der Waals surface area contributed by atoms with Crippen LogP contribution in [0.4, 0.5) is 4.39 Å². The van der Waals surface area contributed by atoms with Gasteiger partial charge in [-0.15, -0.1) is 0 Å². The van der Waals surface area contributed by atoms with Crippen LogP contribution in [0.25, 0.3) is 0 Å². The summed E-state index contributed by atoms with van der Waals surface area (Å²) in [5.74, 6) is 0.814. The van der Waals surface area contributed by atoms with Crippen LogP contribution in [0.5, 0.6) is 0 Å². The number of hydrogen-bond donors (Lipinski definition) is 0. The molecule has 132 valence electrons. The van der Waals surface area contributed by atoms with Crippen LogP contribution in [-0.4, -0.2) is 52.6 Å². The highest BCUT2D eigenvalue weighted by molar-refractivity contribution is 5.08. The van der Waals surface area contributed by atoms with Gasteiger partial charge >= 0.3 is 0 Å². The fourth-order valence-electron chi connectivity index (χ4n) is 3.65. The summed E-state index contributed by atoms with van der Waals surface area (Å²) in [6, 6.07) is 3.62. The van der Waals surface area contributed by atoms with Crippen molar-refractivity contribution in [2.75, 3.05) is 26.2 Å². The topological polar surface area (TPSA) is 28.6 Å². The van der Waals surface area contributed by atoms with Gasteiger partial charge in [-0.3, -0.25) is 4.98 Å². The molecular formula is C19H28FN3O. The average molecular weight is 333 g/mol. The second-order valence-electron chi connectivity index (χ2n) is 7.31. The highest BCUT2D eigenvalue weighted by Crippen LogP contribution is 2.33. The molecule has 0 radical (unpaired) electrons. The first-order valence-corrected chi connectivity index (χ1v) is 8.92. The number of nitrogens with zero attached hydrogens (tertiary/aromatic N) is 3. The quantitative estimate of drug-likeness (QED) is 0.846. The van der Waals surface area contributed by atoms with Crippen molar-refractivity contribution in [3.05, 3.63) is 41.8 Å². The van der Waals surface area contributed by atoms with Crippen LogP contribution in [0.1, 0.15) is 39.3 Å². The summed E-state index contributed by atoms with van der Waals surface area (Å²) in [4.78, 5) is 8.93. The number of likely N-dealkylation sites (tertiary alicyclic amines) is 1. The molecule has 1 spiro atoms. The second kappa shape index (κ2) is 7.09. The van der Waals surface area contributed by atoms with E-state index >= 15 is 0 Å². The minimum absolute atomic E-state index is 0.0597. The van der Waals surface area contributed by atoms with Crippen molar-refractivity contribution in [3.8, 4) is 0 Å². The number of aromatic nitrogens is 1. The van der Waals surface area contributed by atoms with Crippen LogP contribution < -0.4 is 0 Å². The summed E-state index contributed by atoms with van der Waals surface area (Å²) in [6.07, 6.45) is 6.50. The van der Waals surface area contributed by atoms with Gasteiger partial charge in [-0.25, -0.2) is 4.39 Å². The fourth-order valence-corrected chi connectivity index (χ4v) is 3.65. The van der Waals surface area contributed by atoms with Gasteiger partial charge in [0.05, 0.1) is 12.2 Å². The molecule has 0 amide bonds. The predicted molar refractivity (Wildman–Crippen MR) is 93.0 cm³/mol. The molecule has 0 saturated carbocycles. The Labute approximate surface area is 144 Å². The summed E-state index contributed by atoms with van der Waals surface area (Å²) >= 11 is 0. The van der Waals surface area contributed by atoms with E-state index in [2.05, 4.69) is 34.8 Å². The Bertz CT molecular complexity index is 594. The van der Waals surface area contributed by atoms with Gasteiger partial charge in [-0.05, 0) is 32.9 Å². The molecule has 0 aliphatic carbocycles. The Morgan fingerprint density at radius 2 is 2.08 bits per heavy atom. The van der Waals surface area contributed by atoms with Gasteiger partial charge in [-0.1, -0.05) is 0 Å². The lowest BCUT2D eigenvalue weighted by Crippen LogP contribution is -2.54. The third-order valence-corrected chi connectivity index (χ3v) is 5.13. The van der Waals surface area contributed by atoms with Crippen molar-refractivity contribution in [1.29, 1.82) is 0 Å². The number of ether oxygens (including phenoxy) is 1. The molecule has 3 rings (SSSR count). The molecule has 4 nitrogen and oxygen atoms in total. The molecule has 0 bridgehead atoms. The van der Waals surface area contributed by atoms with Crippen molar-refractivity contribution in [2.45, 2.75) is 51.7 Å². The van der Waals surface area contributed by atoms with E-state index in [9.17, 15) is 4.39 Å². The van der Waals surface area contributed by atoms with Crippen LogP contribution in [0.15, 0.2) is 30.3 Å². The maximum Gasteiger partial charge on any atom is 0.144 e. The number of halogens is 1. The maximum atomic E-state index is 13.7. The third-order valence-electron chi connectivity index (χ3n) is 5.13. The molecule has 5 heteroatoms. The normalized spacial score (nSPS) is 21.0. The monoisotopic (exact) mass is 333 g/mol. The first kappa shape index (κ1) is 17.2. The molecule has 1 aromatic rings. The van der Waals surface area contributed by atoms with Crippen LogP contribution in [-0.2, 0) is 11.2 Å².